The van der Waals surface area contributed by atoms with Crippen LogP contribution in [-0.4, -0.2) is 11.4 Å². The SMILES string of the molecule is CCCCC1(CCC)CC(=O)c2ccccc2O1. The van der Waals surface area contributed by atoms with E-state index < -0.39 is 0 Å². The molecule has 0 N–H and O–H groups in total. The van der Waals surface area contributed by atoms with Gasteiger partial charge in [-0.1, -0.05) is 38.8 Å². The standard InChI is InChI=1S/C16H22O2/c1-3-5-11-16(10-4-2)12-14(17)13-8-6-7-9-15(13)18-16/h6-9H,3-5,10-12H2,1-2H3. The Kier molecular flexibility index (Phi) is 4.05. The Labute approximate surface area is 109 Å². The van der Waals surface area contributed by atoms with Crippen LogP contribution in [0, 0.1) is 0 Å². The van der Waals surface area contributed by atoms with Crippen molar-refractivity contribution in [2.24, 2.45) is 0 Å². The summed E-state index contributed by atoms with van der Waals surface area (Å²) in [4.78, 5) is 12.3. The molecule has 1 aromatic rings. The van der Waals surface area contributed by atoms with Gasteiger partial charge < -0.3 is 4.74 Å². The Morgan fingerprint density at radius 2 is 1.94 bits per heavy atom. The Morgan fingerprint density at radius 3 is 2.67 bits per heavy atom. The molecule has 2 rings (SSSR count). The zero-order valence-electron chi connectivity index (χ0n) is 11.4. The maximum Gasteiger partial charge on any atom is 0.170 e. The lowest BCUT2D eigenvalue weighted by molar-refractivity contribution is 0.0260. The van der Waals surface area contributed by atoms with E-state index >= 15 is 0 Å². The van der Waals surface area contributed by atoms with Gasteiger partial charge in [0.05, 0.1) is 12.0 Å². The second kappa shape index (κ2) is 5.55. The van der Waals surface area contributed by atoms with Crippen LogP contribution in [0.15, 0.2) is 24.3 Å². The maximum absolute atomic E-state index is 12.3. The van der Waals surface area contributed by atoms with Crippen LogP contribution >= 0.6 is 0 Å². The van der Waals surface area contributed by atoms with E-state index in [0.29, 0.717) is 6.42 Å². The van der Waals surface area contributed by atoms with Crippen molar-refractivity contribution in [1.29, 1.82) is 0 Å². The topological polar surface area (TPSA) is 26.3 Å². The largest absolute Gasteiger partial charge is 0.486 e. The molecule has 98 valence electrons. The number of rotatable bonds is 5. The van der Waals surface area contributed by atoms with E-state index in [-0.39, 0.29) is 11.4 Å². The lowest BCUT2D eigenvalue weighted by Crippen LogP contribution is -2.42. The predicted octanol–water partition coefficient (Wildman–Crippen LogP) is 4.38. The minimum absolute atomic E-state index is 0.237. The third-order valence-corrected chi connectivity index (χ3v) is 3.69. The smallest absolute Gasteiger partial charge is 0.170 e. The molecule has 1 atom stereocenters. The second-order valence-corrected chi connectivity index (χ2v) is 5.23. The monoisotopic (exact) mass is 246 g/mol. The van der Waals surface area contributed by atoms with Crippen LogP contribution in [0.2, 0.25) is 0 Å². The number of benzene rings is 1. The van der Waals surface area contributed by atoms with Gasteiger partial charge in [-0.2, -0.15) is 0 Å². The molecule has 2 nitrogen and oxygen atoms in total. The van der Waals surface area contributed by atoms with E-state index in [4.69, 9.17) is 4.74 Å². The van der Waals surface area contributed by atoms with Gasteiger partial charge in [0, 0.05) is 0 Å². The Morgan fingerprint density at radius 1 is 1.17 bits per heavy atom. The van der Waals surface area contributed by atoms with Gasteiger partial charge in [0.1, 0.15) is 11.4 Å². The first-order valence-corrected chi connectivity index (χ1v) is 7.02. The van der Waals surface area contributed by atoms with Gasteiger partial charge in [0.2, 0.25) is 0 Å². The highest BCUT2D eigenvalue weighted by atomic mass is 16.5. The summed E-state index contributed by atoms with van der Waals surface area (Å²) >= 11 is 0. The average Bonchev–Trinajstić information content (AvgIpc) is 2.37. The summed E-state index contributed by atoms with van der Waals surface area (Å²) in [5.74, 6) is 1.01. The number of Topliss-reactive ketones (excluding diaryl/α,β-unsaturated/α-hetero) is 1. The molecule has 0 fully saturated rings. The second-order valence-electron chi connectivity index (χ2n) is 5.23. The number of carbonyl (C=O) groups is 1. The molecule has 0 saturated heterocycles. The first kappa shape index (κ1) is 13.1. The predicted molar refractivity (Wildman–Crippen MR) is 73.2 cm³/mol. The lowest BCUT2D eigenvalue weighted by Gasteiger charge is -2.38. The van der Waals surface area contributed by atoms with E-state index in [1.165, 1.54) is 0 Å². The summed E-state index contributed by atoms with van der Waals surface area (Å²) in [5.41, 5.74) is 0.497. The fourth-order valence-electron chi connectivity index (χ4n) is 2.80. The molecule has 2 heteroatoms. The molecule has 1 unspecified atom stereocenters. The van der Waals surface area contributed by atoms with Crippen LogP contribution in [0.25, 0.3) is 0 Å². The molecule has 0 spiro atoms. The third-order valence-electron chi connectivity index (χ3n) is 3.69. The summed E-state index contributed by atoms with van der Waals surface area (Å²) in [5, 5.41) is 0. The summed E-state index contributed by atoms with van der Waals surface area (Å²) < 4.78 is 6.21. The first-order chi connectivity index (χ1) is 8.71. The van der Waals surface area contributed by atoms with Crippen molar-refractivity contribution >= 4 is 5.78 Å². The van der Waals surface area contributed by atoms with E-state index in [1.54, 1.807) is 0 Å². The minimum Gasteiger partial charge on any atom is -0.486 e. The summed E-state index contributed by atoms with van der Waals surface area (Å²) in [6.45, 7) is 4.33. The molecule has 1 aromatic carbocycles. The number of hydrogen-bond acceptors (Lipinski definition) is 2. The van der Waals surface area contributed by atoms with Gasteiger partial charge in [-0.05, 0) is 31.4 Å². The summed E-state index contributed by atoms with van der Waals surface area (Å²) in [6, 6.07) is 7.63. The van der Waals surface area contributed by atoms with Crippen molar-refractivity contribution in [3.63, 3.8) is 0 Å². The van der Waals surface area contributed by atoms with Crippen LogP contribution < -0.4 is 4.74 Å². The summed E-state index contributed by atoms with van der Waals surface area (Å²) in [7, 11) is 0. The fraction of sp³-hybridized carbons (Fsp3) is 0.562. The molecule has 1 aliphatic rings. The summed E-state index contributed by atoms with van der Waals surface area (Å²) in [6.07, 6.45) is 5.81. The molecular weight excluding hydrogens is 224 g/mol. The van der Waals surface area contributed by atoms with Gasteiger partial charge in [-0.3, -0.25) is 4.79 Å². The van der Waals surface area contributed by atoms with Gasteiger partial charge in [0.25, 0.3) is 0 Å². The van der Waals surface area contributed by atoms with Gasteiger partial charge >= 0.3 is 0 Å². The molecule has 0 aliphatic carbocycles. The molecule has 0 radical (unpaired) electrons. The van der Waals surface area contributed by atoms with Crippen LogP contribution in [0.1, 0.15) is 62.7 Å². The highest BCUT2D eigenvalue weighted by Gasteiger charge is 2.38. The molecule has 18 heavy (non-hydrogen) atoms. The van der Waals surface area contributed by atoms with Crippen molar-refractivity contribution in [2.75, 3.05) is 0 Å². The molecule has 0 amide bonds. The van der Waals surface area contributed by atoms with Crippen LogP contribution in [-0.2, 0) is 0 Å². The molecule has 1 aliphatic heterocycles. The van der Waals surface area contributed by atoms with Crippen molar-refractivity contribution in [2.45, 2.75) is 58.0 Å². The molecule has 1 heterocycles. The number of ketones is 1. The number of hydrogen-bond donors (Lipinski definition) is 0. The van der Waals surface area contributed by atoms with Crippen molar-refractivity contribution in [3.8, 4) is 5.75 Å². The van der Waals surface area contributed by atoms with E-state index in [1.807, 2.05) is 24.3 Å². The first-order valence-electron chi connectivity index (χ1n) is 7.02. The van der Waals surface area contributed by atoms with E-state index in [0.717, 1.165) is 43.4 Å². The number of ether oxygens (including phenoxy) is 1. The number of fused-ring (bicyclic) bond motifs is 1. The van der Waals surface area contributed by atoms with E-state index in [9.17, 15) is 4.79 Å². The van der Waals surface area contributed by atoms with Crippen LogP contribution in [0.4, 0.5) is 0 Å². The molecular formula is C16H22O2. The van der Waals surface area contributed by atoms with Crippen molar-refractivity contribution in [3.05, 3.63) is 29.8 Å². The van der Waals surface area contributed by atoms with Gasteiger partial charge in [-0.25, -0.2) is 0 Å². The van der Waals surface area contributed by atoms with Gasteiger partial charge in [-0.15, -0.1) is 0 Å². The Balaban J connectivity index is 2.27. The average molecular weight is 246 g/mol. The lowest BCUT2D eigenvalue weighted by atomic mass is 9.83. The fourth-order valence-corrected chi connectivity index (χ4v) is 2.80. The Hall–Kier alpha value is -1.31. The number of carbonyl (C=O) groups excluding carboxylic acids is 1. The normalized spacial score (nSPS) is 22.4. The quantitative estimate of drug-likeness (QED) is 0.770. The minimum atomic E-state index is -0.254. The Bertz CT molecular complexity index is 425. The van der Waals surface area contributed by atoms with Crippen LogP contribution in [0.5, 0.6) is 5.75 Å². The molecule has 0 aromatic heterocycles. The van der Waals surface area contributed by atoms with E-state index in [2.05, 4.69) is 13.8 Å². The number of unbranched alkanes of at least 4 members (excludes halogenated alkanes) is 1. The van der Waals surface area contributed by atoms with Crippen LogP contribution in [0.3, 0.4) is 0 Å². The number of para-hydroxylation sites is 1. The zero-order chi connectivity index (χ0) is 13.0. The van der Waals surface area contributed by atoms with Crippen molar-refractivity contribution < 1.29 is 9.53 Å². The zero-order valence-corrected chi connectivity index (χ0v) is 11.4. The van der Waals surface area contributed by atoms with Gasteiger partial charge in [0.15, 0.2) is 5.78 Å². The molecule has 0 bridgehead atoms. The molecule has 0 saturated carbocycles. The third kappa shape index (κ3) is 2.58. The maximum atomic E-state index is 12.3. The van der Waals surface area contributed by atoms with Crippen molar-refractivity contribution in [1.82, 2.24) is 0 Å². The highest BCUT2D eigenvalue weighted by molar-refractivity contribution is 6.00. The highest BCUT2D eigenvalue weighted by Crippen LogP contribution is 2.38.